The van der Waals surface area contributed by atoms with Crippen molar-refractivity contribution >= 4 is 17.7 Å². The summed E-state index contributed by atoms with van der Waals surface area (Å²) in [5, 5.41) is 18.5. The van der Waals surface area contributed by atoms with Gasteiger partial charge in [0.2, 0.25) is 0 Å². The topological polar surface area (TPSA) is 80.9 Å². The van der Waals surface area contributed by atoms with Gasteiger partial charge in [-0.1, -0.05) is 6.42 Å². The van der Waals surface area contributed by atoms with Crippen LogP contribution in [0.25, 0.3) is 0 Å². The van der Waals surface area contributed by atoms with Crippen molar-refractivity contribution in [3.63, 3.8) is 0 Å². The maximum absolute atomic E-state index is 11.3. The third kappa shape index (κ3) is 2.92. The molecule has 0 saturated carbocycles. The molecule has 1 N–H and O–H groups in total. The van der Waals surface area contributed by atoms with Crippen LogP contribution in [0.1, 0.15) is 41.1 Å². The second-order valence-electron chi connectivity index (χ2n) is 5.09. The summed E-state index contributed by atoms with van der Waals surface area (Å²) >= 11 is 1.36. The molecule has 2 aromatic rings. The van der Waals surface area contributed by atoms with Crippen molar-refractivity contribution in [2.24, 2.45) is 0 Å². The first kappa shape index (κ1) is 14.1. The van der Waals surface area contributed by atoms with Crippen LogP contribution in [0.5, 0.6) is 0 Å². The zero-order chi connectivity index (χ0) is 14.8. The van der Waals surface area contributed by atoms with Gasteiger partial charge in [-0.15, -0.1) is 10.2 Å². The number of aryl methyl sites for hydroxylation is 2. The van der Waals surface area contributed by atoms with Gasteiger partial charge in [0.25, 0.3) is 0 Å². The van der Waals surface area contributed by atoms with Crippen molar-refractivity contribution < 1.29 is 9.90 Å². The molecule has 0 fully saturated rings. The Hall–Kier alpha value is -1.89. The second-order valence-corrected chi connectivity index (χ2v) is 6.10. The second kappa shape index (κ2) is 5.85. The van der Waals surface area contributed by atoms with Gasteiger partial charge in [-0.05, 0) is 37.6 Å². The van der Waals surface area contributed by atoms with Crippen molar-refractivity contribution in [2.45, 2.75) is 49.2 Å². The fraction of sp³-hybridized carbons (Fsp3) is 0.429. The lowest BCUT2D eigenvalue weighted by Gasteiger charge is -2.08. The monoisotopic (exact) mass is 304 g/mol. The summed E-state index contributed by atoms with van der Waals surface area (Å²) in [4.78, 5) is 16.0. The van der Waals surface area contributed by atoms with Gasteiger partial charge in [-0.3, -0.25) is 4.98 Å². The maximum atomic E-state index is 11.3. The van der Waals surface area contributed by atoms with Gasteiger partial charge in [0.05, 0.1) is 5.56 Å². The van der Waals surface area contributed by atoms with Crippen molar-refractivity contribution in [3.8, 4) is 0 Å². The van der Waals surface area contributed by atoms with Gasteiger partial charge < -0.3 is 9.67 Å². The van der Waals surface area contributed by atoms with Crippen LogP contribution in [-0.4, -0.2) is 30.8 Å². The molecule has 21 heavy (non-hydrogen) atoms. The van der Waals surface area contributed by atoms with Crippen LogP contribution in [0.2, 0.25) is 0 Å². The Kier molecular flexibility index (Phi) is 3.92. The molecule has 6 nitrogen and oxygen atoms in total. The number of fused-ring (bicyclic) bond motifs is 1. The molecule has 1 aliphatic rings. The Morgan fingerprint density at radius 2 is 2.19 bits per heavy atom. The summed E-state index contributed by atoms with van der Waals surface area (Å²) in [7, 11) is 0. The summed E-state index contributed by atoms with van der Waals surface area (Å²) in [5.74, 6) is 0.0262. The lowest BCUT2D eigenvalue weighted by molar-refractivity contribution is 0.0692. The molecule has 0 bridgehead atoms. The van der Waals surface area contributed by atoms with E-state index in [0.717, 1.165) is 42.5 Å². The van der Waals surface area contributed by atoms with Crippen molar-refractivity contribution in [2.75, 3.05) is 0 Å². The van der Waals surface area contributed by atoms with Crippen LogP contribution in [0.3, 0.4) is 0 Å². The van der Waals surface area contributed by atoms with Gasteiger partial charge in [0.1, 0.15) is 5.82 Å². The Morgan fingerprint density at radius 3 is 3.00 bits per heavy atom. The molecular formula is C14H16N4O2S. The maximum Gasteiger partial charge on any atom is 0.338 e. The minimum absolute atomic E-state index is 0.205. The van der Waals surface area contributed by atoms with Crippen molar-refractivity contribution in [3.05, 3.63) is 29.3 Å². The Bertz CT molecular complexity index is 684. The highest BCUT2D eigenvalue weighted by atomic mass is 32.2. The van der Waals surface area contributed by atoms with Crippen LogP contribution >= 0.6 is 11.8 Å². The normalized spacial score (nSPS) is 14.5. The zero-order valence-corrected chi connectivity index (χ0v) is 12.6. The van der Waals surface area contributed by atoms with Gasteiger partial charge in [0.15, 0.2) is 5.16 Å². The van der Waals surface area contributed by atoms with Crippen LogP contribution in [0.15, 0.2) is 22.3 Å². The van der Waals surface area contributed by atoms with E-state index in [0.29, 0.717) is 4.90 Å². The Labute approximate surface area is 126 Å². The first-order chi connectivity index (χ1) is 10.1. The van der Waals surface area contributed by atoms with Gasteiger partial charge in [-0.25, -0.2) is 4.79 Å². The van der Waals surface area contributed by atoms with Crippen LogP contribution < -0.4 is 0 Å². The van der Waals surface area contributed by atoms with E-state index in [1.807, 2.05) is 6.92 Å². The van der Waals surface area contributed by atoms with Crippen molar-refractivity contribution in [1.29, 1.82) is 0 Å². The number of nitrogens with zero attached hydrogens (tertiary/aromatic N) is 4. The highest BCUT2D eigenvalue weighted by Gasteiger charge is 2.19. The average Bonchev–Trinajstić information content (AvgIpc) is 2.68. The molecule has 7 heteroatoms. The number of rotatable bonds is 3. The van der Waals surface area contributed by atoms with Gasteiger partial charge in [0, 0.05) is 29.8 Å². The molecule has 1 aliphatic heterocycles. The van der Waals surface area contributed by atoms with Crippen molar-refractivity contribution in [1.82, 2.24) is 19.7 Å². The average molecular weight is 304 g/mol. The summed E-state index contributed by atoms with van der Waals surface area (Å²) in [6, 6.07) is 1.78. The smallest absolute Gasteiger partial charge is 0.338 e. The number of aromatic nitrogens is 4. The van der Waals surface area contributed by atoms with E-state index in [1.54, 1.807) is 6.07 Å². The molecular weight excluding hydrogens is 288 g/mol. The predicted molar refractivity (Wildman–Crippen MR) is 77.6 cm³/mol. The fourth-order valence-corrected chi connectivity index (χ4v) is 3.48. The predicted octanol–water partition coefficient (Wildman–Crippen LogP) is 2.56. The number of carbonyl (C=O) groups is 1. The number of pyridine rings is 1. The van der Waals surface area contributed by atoms with Gasteiger partial charge >= 0.3 is 5.97 Å². The molecule has 3 rings (SSSR count). The number of aromatic carboxylic acids is 1. The Morgan fingerprint density at radius 1 is 1.33 bits per heavy atom. The summed E-state index contributed by atoms with van der Waals surface area (Å²) in [6.45, 7) is 2.75. The Balaban J connectivity index is 1.96. The molecule has 3 heterocycles. The molecule has 110 valence electrons. The van der Waals surface area contributed by atoms with E-state index < -0.39 is 5.97 Å². The molecule has 0 saturated heterocycles. The van der Waals surface area contributed by atoms with E-state index in [2.05, 4.69) is 19.7 Å². The lowest BCUT2D eigenvalue weighted by Crippen LogP contribution is -2.04. The third-order valence-electron chi connectivity index (χ3n) is 3.51. The zero-order valence-electron chi connectivity index (χ0n) is 11.7. The van der Waals surface area contributed by atoms with Crippen LogP contribution in [0, 0.1) is 6.92 Å². The molecule has 0 unspecified atom stereocenters. The summed E-state index contributed by atoms with van der Waals surface area (Å²) in [5.41, 5.74) is 0.995. The SMILES string of the molecule is Cc1cc(Sc2nnc3n2CCCCC3)c(C(=O)O)cn1. The van der Waals surface area contributed by atoms with Crippen LogP contribution in [0.4, 0.5) is 0 Å². The highest BCUT2D eigenvalue weighted by molar-refractivity contribution is 7.99. The molecule has 2 aromatic heterocycles. The standard InChI is InChI=1S/C14H16N4O2S/c1-9-7-11(10(8-15-9)13(19)20)21-14-17-16-12-5-3-2-4-6-18(12)14/h7-8H,2-6H2,1H3,(H,19,20). The van der Waals surface area contributed by atoms with E-state index >= 15 is 0 Å². The molecule has 0 aliphatic carbocycles. The number of carboxylic acids is 1. The van der Waals surface area contributed by atoms with Gasteiger partial charge in [-0.2, -0.15) is 0 Å². The first-order valence-corrected chi connectivity index (χ1v) is 7.76. The number of carboxylic acid groups (broad SMARTS) is 1. The molecule has 0 atom stereocenters. The van der Waals surface area contributed by atoms with E-state index in [4.69, 9.17) is 0 Å². The summed E-state index contributed by atoms with van der Waals surface area (Å²) in [6.07, 6.45) is 5.79. The molecule has 0 aromatic carbocycles. The molecule has 0 radical (unpaired) electrons. The molecule has 0 amide bonds. The third-order valence-corrected chi connectivity index (χ3v) is 4.55. The minimum Gasteiger partial charge on any atom is -0.478 e. The van der Waals surface area contributed by atoms with E-state index in [-0.39, 0.29) is 5.56 Å². The fourth-order valence-electron chi connectivity index (χ4n) is 2.41. The number of hydrogen-bond acceptors (Lipinski definition) is 5. The minimum atomic E-state index is -0.972. The summed E-state index contributed by atoms with van der Waals surface area (Å²) < 4.78 is 2.11. The van der Waals surface area contributed by atoms with Crippen LogP contribution in [-0.2, 0) is 13.0 Å². The lowest BCUT2D eigenvalue weighted by atomic mass is 10.2. The van der Waals surface area contributed by atoms with E-state index in [1.165, 1.54) is 24.4 Å². The highest BCUT2D eigenvalue weighted by Crippen LogP contribution is 2.31. The first-order valence-electron chi connectivity index (χ1n) is 6.95. The quantitative estimate of drug-likeness (QED) is 0.938. The molecule has 0 spiro atoms. The number of hydrogen-bond donors (Lipinski definition) is 1. The van der Waals surface area contributed by atoms with E-state index in [9.17, 15) is 9.90 Å². The largest absolute Gasteiger partial charge is 0.478 e.